The molecule has 0 N–H and O–H groups in total. The smallest absolute Gasteiger partial charge is 0.289 e. The normalized spacial score (nSPS) is 12.0. The second-order valence-electron chi connectivity index (χ2n) is 3.67. The molecule has 0 bridgehead atoms. The number of rotatable bonds is 5. The lowest BCUT2D eigenvalue weighted by Gasteiger charge is -2.06. The molecule has 0 heterocycles. The zero-order chi connectivity index (χ0) is 13.6. The number of benzene rings is 1. The molecule has 1 aromatic rings. The minimum atomic E-state index is -4.37. The molecule has 5 heteroatoms. The third-order valence-corrected chi connectivity index (χ3v) is 2.83. The maximum atomic E-state index is 12.3. The Labute approximate surface area is 112 Å². The van der Waals surface area contributed by atoms with E-state index in [0.717, 1.165) is 30.3 Å². The molecule has 98 valence electrons. The molecule has 0 atom stereocenters. The average Bonchev–Trinajstić information content (AvgIpc) is 2.33. The van der Waals surface area contributed by atoms with Crippen molar-refractivity contribution in [3.05, 3.63) is 47.5 Å². The largest absolute Gasteiger partial charge is 0.416 e. The molecule has 0 spiro atoms. The molecule has 0 aliphatic carbocycles. The van der Waals surface area contributed by atoms with E-state index < -0.39 is 11.7 Å². The van der Waals surface area contributed by atoms with E-state index in [0.29, 0.717) is 0 Å². The Morgan fingerprint density at radius 3 is 2.33 bits per heavy atom. The molecule has 0 saturated heterocycles. The lowest BCUT2D eigenvalue weighted by atomic mass is 10.1. The third-order valence-electron chi connectivity index (χ3n) is 2.27. The molecule has 0 aliphatic rings. The number of unbranched alkanes of at least 4 members (excludes halogenated alkanes) is 1. The molecular formula is C13H12BrF3O. The average molecular weight is 321 g/mol. The highest BCUT2D eigenvalue weighted by Gasteiger charge is 2.30. The van der Waals surface area contributed by atoms with E-state index in [1.807, 2.05) is 0 Å². The fourth-order valence-corrected chi connectivity index (χ4v) is 1.63. The first kappa shape index (κ1) is 15.0. The van der Waals surface area contributed by atoms with Crippen molar-refractivity contribution in [1.29, 1.82) is 0 Å². The van der Waals surface area contributed by atoms with Crippen LogP contribution in [0.4, 0.5) is 13.2 Å². The molecule has 0 amide bonds. The summed E-state index contributed by atoms with van der Waals surface area (Å²) in [5.41, 5.74) is -0.486. The summed E-state index contributed by atoms with van der Waals surface area (Å²) in [6.07, 6.45) is 0.425. The molecule has 0 unspecified atom stereocenters. The van der Waals surface area contributed by atoms with Gasteiger partial charge in [-0.1, -0.05) is 34.1 Å². The Morgan fingerprint density at radius 1 is 1.22 bits per heavy atom. The van der Waals surface area contributed by atoms with Gasteiger partial charge in [0.2, 0.25) is 0 Å². The summed E-state index contributed by atoms with van der Waals surface area (Å²) in [6.45, 7) is 0. The van der Waals surface area contributed by atoms with Gasteiger partial charge in [-0.15, -0.1) is 0 Å². The number of hydrogen-bond acceptors (Lipinski definition) is 1. The molecule has 1 nitrogen and oxygen atoms in total. The number of carbonyl (C=O) groups excluding carboxylic acids is 1. The van der Waals surface area contributed by atoms with Crippen molar-refractivity contribution in [3.8, 4) is 0 Å². The van der Waals surface area contributed by atoms with Gasteiger partial charge in [0.25, 0.3) is 0 Å². The van der Waals surface area contributed by atoms with Gasteiger partial charge in [0.05, 0.1) is 5.56 Å². The Bertz CT molecular complexity index is 421. The first-order valence-corrected chi connectivity index (χ1v) is 6.51. The molecule has 1 aromatic carbocycles. The zero-order valence-corrected chi connectivity index (χ0v) is 11.1. The second-order valence-corrected chi connectivity index (χ2v) is 4.47. The van der Waals surface area contributed by atoms with Gasteiger partial charge in [0, 0.05) is 10.9 Å². The minimum absolute atomic E-state index is 0.262. The van der Waals surface area contributed by atoms with Crippen LogP contribution in [0.15, 0.2) is 36.4 Å². The molecule has 1 rings (SSSR count). The number of hydrogen-bond donors (Lipinski definition) is 0. The van der Waals surface area contributed by atoms with Crippen molar-refractivity contribution < 1.29 is 18.0 Å². The fraction of sp³-hybridized carbons (Fsp3) is 0.308. The van der Waals surface area contributed by atoms with E-state index in [1.54, 1.807) is 6.08 Å². The lowest BCUT2D eigenvalue weighted by Crippen LogP contribution is -2.05. The van der Waals surface area contributed by atoms with Crippen molar-refractivity contribution in [2.45, 2.75) is 19.0 Å². The Kier molecular flexibility index (Phi) is 5.59. The van der Waals surface area contributed by atoms with E-state index in [1.165, 1.54) is 18.2 Å². The maximum Gasteiger partial charge on any atom is 0.416 e. The molecule has 0 fully saturated rings. The fourth-order valence-electron chi connectivity index (χ4n) is 1.31. The van der Waals surface area contributed by atoms with Crippen LogP contribution in [0.25, 0.3) is 0 Å². The summed E-state index contributed by atoms with van der Waals surface area (Å²) in [4.78, 5) is 11.6. The van der Waals surface area contributed by atoms with Gasteiger partial charge >= 0.3 is 6.18 Å². The number of carbonyl (C=O) groups is 1. The van der Waals surface area contributed by atoms with Crippen LogP contribution in [0.1, 0.15) is 28.8 Å². The van der Waals surface area contributed by atoms with Gasteiger partial charge < -0.3 is 0 Å². The van der Waals surface area contributed by atoms with E-state index >= 15 is 0 Å². The van der Waals surface area contributed by atoms with E-state index in [4.69, 9.17) is 0 Å². The van der Waals surface area contributed by atoms with Gasteiger partial charge in [0.15, 0.2) is 5.78 Å². The highest BCUT2D eigenvalue weighted by Crippen LogP contribution is 2.29. The number of ketones is 1. The molecule has 0 saturated carbocycles. The van der Waals surface area contributed by atoms with Crippen molar-refractivity contribution in [2.75, 3.05) is 5.33 Å². The number of allylic oxidation sites excluding steroid dienone is 2. The van der Waals surface area contributed by atoms with Gasteiger partial charge in [0.1, 0.15) is 0 Å². The lowest BCUT2D eigenvalue weighted by molar-refractivity contribution is -0.137. The number of alkyl halides is 4. The molecule has 0 aliphatic heterocycles. The Hall–Kier alpha value is -1.10. The van der Waals surface area contributed by atoms with Crippen LogP contribution in [-0.4, -0.2) is 11.1 Å². The van der Waals surface area contributed by atoms with Crippen LogP contribution < -0.4 is 0 Å². The summed E-state index contributed by atoms with van der Waals surface area (Å²) in [5, 5.41) is 0.853. The zero-order valence-electron chi connectivity index (χ0n) is 9.51. The van der Waals surface area contributed by atoms with Crippen LogP contribution in [0.5, 0.6) is 0 Å². The van der Waals surface area contributed by atoms with Gasteiger partial charge in [-0.2, -0.15) is 13.2 Å². The number of halogens is 4. The van der Waals surface area contributed by atoms with Crippen molar-refractivity contribution in [1.82, 2.24) is 0 Å². The van der Waals surface area contributed by atoms with Gasteiger partial charge in [-0.3, -0.25) is 4.79 Å². The monoisotopic (exact) mass is 320 g/mol. The third kappa shape index (κ3) is 4.64. The summed E-state index contributed by atoms with van der Waals surface area (Å²) in [5.74, 6) is -0.279. The van der Waals surface area contributed by atoms with Crippen LogP contribution >= 0.6 is 15.9 Å². The summed E-state index contributed by atoms with van der Waals surface area (Å²) in [6, 6.07) is 4.22. The SMILES string of the molecule is O=C(/C=C/CCCBr)c1ccc(C(F)(F)F)cc1. The maximum absolute atomic E-state index is 12.3. The Balaban J connectivity index is 2.68. The highest BCUT2D eigenvalue weighted by molar-refractivity contribution is 9.09. The molecule has 0 aromatic heterocycles. The first-order valence-electron chi connectivity index (χ1n) is 5.39. The first-order chi connectivity index (χ1) is 8.45. The van der Waals surface area contributed by atoms with E-state index in [2.05, 4.69) is 15.9 Å². The minimum Gasteiger partial charge on any atom is -0.289 e. The molecular weight excluding hydrogens is 309 g/mol. The predicted molar refractivity (Wildman–Crippen MR) is 67.9 cm³/mol. The van der Waals surface area contributed by atoms with Crippen LogP contribution in [0.3, 0.4) is 0 Å². The summed E-state index contributed by atoms with van der Waals surface area (Å²) in [7, 11) is 0. The summed E-state index contributed by atoms with van der Waals surface area (Å²) < 4.78 is 36.9. The summed E-state index contributed by atoms with van der Waals surface area (Å²) >= 11 is 3.26. The van der Waals surface area contributed by atoms with Crippen LogP contribution in [0.2, 0.25) is 0 Å². The quantitative estimate of drug-likeness (QED) is 0.335. The predicted octanol–water partition coefficient (Wildman–Crippen LogP) is 4.62. The van der Waals surface area contributed by atoms with Gasteiger partial charge in [-0.05, 0) is 31.1 Å². The standard InChI is InChI=1S/C13H12BrF3O/c14-9-3-1-2-4-12(18)10-5-7-11(8-6-10)13(15,16)17/h2,4-8H,1,3,9H2/b4-2+. The van der Waals surface area contributed by atoms with Crippen LogP contribution in [-0.2, 0) is 6.18 Å². The molecule has 0 radical (unpaired) electrons. The van der Waals surface area contributed by atoms with E-state index in [-0.39, 0.29) is 11.3 Å². The van der Waals surface area contributed by atoms with Crippen molar-refractivity contribution in [2.24, 2.45) is 0 Å². The second kappa shape index (κ2) is 6.73. The Morgan fingerprint density at radius 2 is 1.83 bits per heavy atom. The van der Waals surface area contributed by atoms with E-state index in [9.17, 15) is 18.0 Å². The highest BCUT2D eigenvalue weighted by atomic mass is 79.9. The van der Waals surface area contributed by atoms with Crippen molar-refractivity contribution in [3.63, 3.8) is 0 Å². The van der Waals surface area contributed by atoms with Crippen molar-refractivity contribution >= 4 is 21.7 Å². The van der Waals surface area contributed by atoms with Gasteiger partial charge in [-0.25, -0.2) is 0 Å². The topological polar surface area (TPSA) is 17.1 Å². The van der Waals surface area contributed by atoms with Crippen LogP contribution in [0, 0.1) is 0 Å². The molecule has 18 heavy (non-hydrogen) atoms.